The van der Waals surface area contributed by atoms with Crippen molar-refractivity contribution < 1.29 is 4.79 Å². The van der Waals surface area contributed by atoms with Gasteiger partial charge in [-0.3, -0.25) is 9.69 Å². The molecule has 0 aromatic heterocycles. The van der Waals surface area contributed by atoms with Gasteiger partial charge in [0, 0.05) is 13.1 Å². The maximum Gasteiger partial charge on any atom is 0.228 e. The van der Waals surface area contributed by atoms with Crippen LogP contribution in [0.4, 0.5) is 0 Å². The minimum atomic E-state index is -0.313. The third-order valence-electron chi connectivity index (χ3n) is 4.25. The van der Waals surface area contributed by atoms with Gasteiger partial charge < -0.3 is 4.90 Å². The topological polar surface area (TPSA) is 23.6 Å². The molecule has 0 atom stereocenters. The lowest BCUT2D eigenvalue weighted by Crippen LogP contribution is -2.57. The average Bonchev–Trinajstić information content (AvgIpc) is 2.39. The Balaban J connectivity index is 2.79. The highest BCUT2D eigenvalue weighted by Gasteiger charge is 2.32. The van der Waals surface area contributed by atoms with Crippen LogP contribution in [0.5, 0.6) is 0 Å². The van der Waals surface area contributed by atoms with E-state index in [0.717, 1.165) is 5.57 Å². The van der Waals surface area contributed by atoms with Crippen molar-refractivity contribution >= 4 is 5.91 Å². The van der Waals surface area contributed by atoms with Gasteiger partial charge in [-0.25, -0.2) is 0 Å². The van der Waals surface area contributed by atoms with Crippen LogP contribution in [0.25, 0.3) is 0 Å². The van der Waals surface area contributed by atoms with Crippen LogP contribution in [0.2, 0.25) is 0 Å². The molecular weight excluding hydrogens is 260 g/mol. The monoisotopic (exact) mass is 288 g/mol. The number of carbonyl (C=O) groups excluding carboxylic acids is 1. The molecule has 3 nitrogen and oxygen atoms in total. The first kappa shape index (κ1) is 17.4. The Morgan fingerprint density at radius 1 is 1.10 bits per heavy atom. The van der Waals surface area contributed by atoms with Crippen LogP contribution in [0.1, 0.15) is 34.1 Å². The van der Waals surface area contributed by atoms with Gasteiger partial charge in [0.2, 0.25) is 5.91 Å². The Morgan fingerprint density at radius 2 is 1.67 bits per heavy atom. The lowest BCUT2D eigenvalue weighted by molar-refractivity contribution is -0.141. The van der Waals surface area contributed by atoms with E-state index in [1.54, 1.807) is 0 Å². The van der Waals surface area contributed by atoms with E-state index in [1.807, 2.05) is 54.5 Å². The van der Waals surface area contributed by atoms with Gasteiger partial charge in [-0.05, 0) is 40.3 Å². The van der Waals surface area contributed by atoms with Gasteiger partial charge in [0.15, 0.2) is 0 Å². The second kappa shape index (κ2) is 7.41. The molecule has 0 bridgehead atoms. The van der Waals surface area contributed by atoms with Gasteiger partial charge in [-0.1, -0.05) is 42.5 Å². The molecule has 1 aliphatic carbocycles. The first-order chi connectivity index (χ1) is 9.76. The van der Waals surface area contributed by atoms with E-state index < -0.39 is 0 Å². The van der Waals surface area contributed by atoms with Gasteiger partial charge >= 0.3 is 0 Å². The zero-order valence-corrected chi connectivity index (χ0v) is 14.1. The second-order valence-electron chi connectivity index (χ2n) is 6.20. The van der Waals surface area contributed by atoms with Crippen molar-refractivity contribution in [3.63, 3.8) is 0 Å². The zero-order valence-electron chi connectivity index (χ0n) is 14.1. The van der Waals surface area contributed by atoms with Gasteiger partial charge in [0.1, 0.15) is 0 Å². The van der Waals surface area contributed by atoms with E-state index >= 15 is 0 Å². The molecule has 0 saturated carbocycles. The Morgan fingerprint density at radius 3 is 2.29 bits per heavy atom. The molecule has 0 aromatic rings. The fourth-order valence-corrected chi connectivity index (χ4v) is 2.19. The van der Waals surface area contributed by atoms with Crippen LogP contribution in [0.15, 0.2) is 48.1 Å². The number of hydrogen-bond acceptors (Lipinski definition) is 2. The second-order valence-corrected chi connectivity index (χ2v) is 6.20. The summed E-state index contributed by atoms with van der Waals surface area (Å²) < 4.78 is 0. The number of nitrogens with zero attached hydrogens (tertiary/aromatic N) is 2. The quantitative estimate of drug-likeness (QED) is 0.723. The van der Waals surface area contributed by atoms with Gasteiger partial charge in [-0.2, -0.15) is 0 Å². The summed E-state index contributed by atoms with van der Waals surface area (Å²) in [4.78, 5) is 16.6. The van der Waals surface area contributed by atoms with Gasteiger partial charge in [-0.15, -0.1) is 0 Å². The molecule has 0 heterocycles. The smallest absolute Gasteiger partial charge is 0.228 e. The standard InChI is InChI=1S/C18H28N2O/c1-15(2)19(5)18(3,4)20(6)17(21)14-16-12-10-8-7-9-11-13-16/h7-13,15H,14H2,1-6H3/b8-7-,9-7?,10-8?,11-9-,12-10?,13-11?,16-12?,16-13?. The number of rotatable bonds is 5. The van der Waals surface area contributed by atoms with E-state index in [-0.39, 0.29) is 11.6 Å². The largest absolute Gasteiger partial charge is 0.328 e. The summed E-state index contributed by atoms with van der Waals surface area (Å²) in [5, 5.41) is 0. The zero-order chi connectivity index (χ0) is 16.0. The van der Waals surface area contributed by atoms with Crippen LogP contribution in [0, 0.1) is 0 Å². The summed E-state index contributed by atoms with van der Waals surface area (Å²) in [6, 6.07) is 0.379. The fraction of sp³-hybridized carbons (Fsp3) is 0.500. The van der Waals surface area contributed by atoms with E-state index in [2.05, 4.69) is 39.6 Å². The van der Waals surface area contributed by atoms with Gasteiger partial charge in [0.05, 0.1) is 12.1 Å². The molecule has 0 radical (unpaired) electrons. The summed E-state index contributed by atoms with van der Waals surface area (Å²) in [5.41, 5.74) is 0.711. The number of hydrogen-bond donors (Lipinski definition) is 0. The van der Waals surface area contributed by atoms with E-state index in [1.165, 1.54) is 0 Å². The average molecular weight is 288 g/mol. The van der Waals surface area contributed by atoms with Crippen LogP contribution in [0.3, 0.4) is 0 Å². The minimum absolute atomic E-state index is 0.126. The van der Waals surface area contributed by atoms with Gasteiger partial charge in [0.25, 0.3) is 0 Å². The van der Waals surface area contributed by atoms with Crippen molar-refractivity contribution in [2.24, 2.45) is 0 Å². The summed E-state index contributed by atoms with van der Waals surface area (Å²) in [7, 11) is 3.93. The Hall–Kier alpha value is -1.61. The molecular formula is C18H28N2O. The van der Waals surface area contributed by atoms with Crippen molar-refractivity contribution in [3.8, 4) is 0 Å². The first-order valence-electron chi connectivity index (χ1n) is 7.47. The Kier molecular flexibility index (Phi) is 6.16. The van der Waals surface area contributed by atoms with E-state index in [0.29, 0.717) is 12.5 Å². The molecule has 0 saturated heterocycles. The van der Waals surface area contributed by atoms with Crippen LogP contribution < -0.4 is 0 Å². The number of carbonyl (C=O) groups is 1. The summed E-state index contributed by atoms with van der Waals surface area (Å²) >= 11 is 0. The number of allylic oxidation sites excluding steroid dienone is 7. The molecule has 0 N–H and O–H groups in total. The third-order valence-corrected chi connectivity index (χ3v) is 4.25. The van der Waals surface area contributed by atoms with Crippen molar-refractivity contribution in [2.75, 3.05) is 14.1 Å². The highest BCUT2D eigenvalue weighted by molar-refractivity contribution is 5.80. The molecule has 0 unspecified atom stereocenters. The molecule has 1 rings (SSSR count). The first-order valence-corrected chi connectivity index (χ1v) is 7.47. The molecule has 116 valence electrons. The van der Waals surface area contributed by atoms with Crippen LogP contribution in [-0.2, 0) is 4.79 Å². The summed E-state index contributed by atoms with van der Waals surface area (Å²) in [6.07, 6.45) is 14.2. The lowest BCUT2D eigenvalue weighted by atomic mass is 10.1. The molecule has 3 heteroatoms. The number of amides is 1. The van der Waals surface area contributed by atoms with Crippen molar-refractivity contribution in [1.29, 1.82) is 0 Å². The molecule has 0 aliphatic heterocycles. The summed E-state index contributed by atoms with van der Waals surface area (Å²) in [6.45, 7) is 8.43. The van der Waals surface area contributed by atoms with Crippen LogP contribution in [-0.4, -0.2) is 41.5 Å². The lowest BCUT2D eigenvalue weighted by Gasteiger charge is -2.45. The summed E-state index contributed by atoms with van der Waals surface area (Å²) in [5.74, 6) is 0.126. The normalized spacial score (nSPS) is 18.2. The van der Waals surface area contributed by atoms with Crippen molar-refractivity contribution in [3.05, 3.63) is 48.1 Å². The third kappa shape index (κ3) is 4.71. The van der Waals surface area contributed by atoms with Crippen molar-refractivity contribution in [2.45, 2.75) is 45.8 Å². The van der Waals surface area contributed by atoms with Crippen molar-refractivity contribution in [1.82, 2.24) is 9.80 Å². The molecule has 0 aromatic carbocycles. The molecule has 1 amide bonds. The predicted octanol–water partition coefficient (Wildman–Crippen LogP) is 3.52. The minimum Gasteiger partial charge on any atom is -0.328 e. The van der Waals surface area contributed by atoms with E-state index in [4.69, 9.17) is 0 Å². The van der Waals surface area contributed by atoms with E-state index in [9.17, 15) is 4.79 Å². The molecule has 1 aliphatic rings. The predicted molar refractivity (Wildman–Crippen MR) is 89.9 cm³/mol. The SMILES string of the molecule is CC(C)N(C)C(C)(C)N(C)C(=O)CC1=C/C=C\C=C/C=C1. The molecule has 0 spiro atoms. The van der Waals surface area contributed by atoms with Crippen LogP contribution >= 0.6 is 0 Å². The Labute approximate surface area is 129 Å². The Bertz CT molecular complexity index is 481. The highest BCUT2D eigenvalue weighted by atomic mass is 16.2. The maximum absolute atomic E-state index is 12.6. The molecule has 0 fully saturated rings. The fourth-order valence-electron chi connectivity index (χ4n) is 2.19. The highest BCUT2D eigenvalue weighted by Crippen LogP contribution is 2.21. The molecule has 21 heavy (non-hydrogen) atoms. The maximum atomic E-state index is 12.6.